The number of esters is 1. The summed E-state index contributed by atoms with van der Waals surface area (Å²) in [4.78, 5) is 21.8. The molecule has 0 heterocycles. The van der Waals surface area contributed by atoms with E-state index in [1.807, 2.05) is 0 Å². The van der Waals surface area contributed by atoms with Crippen LogP contribution in [0, 0.1) is 5.92 Å². The van der Waals surface area contributed by atoms with Gasteiger partial charge in [-0.25, -0.2) is 0 Å². The molecule has 0 aliphatic rings. The zero-order chi connectivity index (χ0) is 17.5. The van der Waals surface area contributed by atoms with Crippen molar-refractivity contribution in [2.45, 2.75) is 85.0 Å². The summed E-state index contributed by atoms with van der Waals surface area (Å²) in [5.74, 6) is -0.526. The van der Waals surface area contributed by atoms with Gasteiger partial charge in [0, 0.05) is 12.4 Å². The van der Waals surface area contributed by atoms with E-state index in [-0.39, 0.29) is 41.9 Å². The summed E-state index contributed by atoms with van der Waals surface area (Å²) in [6.07, 6.45) is 10.3. The number of hydrogen-bond acceptors (Lipinski definition) is 4. The van der Waals surface area contributed by atoms with Crippen LogP contribution in [0.25, 0.3) is 0 Å². The van der Waals surface area contributed by atoms with Crippen molar-refractivity contribution in [3.63, 3.8) is 0 Å². The van der Waals surface area contributed by atoms with Gasteiger partial charge in [-0.1, -0.05) is 37.8 Å². The Labute approximate surface area is 169 Å². The molecule has 0 amide bonds. The number of carboxylic acids is 1. The quantitative estimate of drug-likeness (QED) is 0.201. The molecule has 0 rings (SSSR count). The molecular weight excluding hydrogens is 315 g/mol. The van der Waals surface area contributed by atoms with Crippen molar-refractivity contribution in [1.82, 2.24) is 0 Å². The van der Waals surface area contributed by atoms with E-state index in [2.05, 4.69) is 26.8 Å². The van der Waals surface area contributed by atoms with Gasteiger partial charge in [0.1, 0.15) is 0 Å². The Morgan fingerprint density at radius 1 is 1.00 bits per heavy atom. The van der Waals surface area contributed by atoms with E-state index in [0.29, 0.717) is 25.4 Å². The zero-order valence-electron chi connectivity index (χ0n) is 16.1. The molecule has 24 heavy (non-hydrogen) atoms. The van der Waals surface area contributed by atoms with Gasteiger partial charge in [0.15, 0.2) is 0 Å². The Morgan fingerprint density at radius 3 is 2.17 bits per heavy atom. The van der Waals surface area contributed by atoms with Gasteiger partial charge in [-0.05, 0) is 58.3 Å². The minimum absolute atomic E-state index is 0. The summed E-state index contributed by atoms with van der Waals surface area (Å²) in [6, 6.07) is 0. The molecule has 4 nitrogen and oxygen atoms in total. The van der Waals surface area contributed by atoms with Crippen molar-refractivity contribution in [3.8, 4) is 0 Å². The molecule has 5 heteroatoms. The van der Waals surface area contributed by atoms with Gasteiger partial charge < -0.3 is 14.6 Å². The van der Waals surface area contributed by atoms with E-state index in [0.717, 1.165) is 44.9 Å². The molecule has 0 aliphatic heterocycles. The Kier molecular flexibility index (Phi) is 18.9. The second kappa shape index (κ2) is 17.5. The van der Waals surface area contributed by atoms with Crippen molar-refractivity contribution < 1.29 is 49.0 Å². The van der Waals surface area contributed by atoms with Crippen molar-refractivity contribution in [2.24, 2.45) is 5.92 Å². The first-order chi connectivity index (χ1) is 10.9. The first-order valence-electron chi connectivity index (χ1n) is 8.90. The minimum Gasteiger partial charge on any atom is -0.550 e. The van der Waals surface area contributed by atoms with Gasteiger partial charge >= 0.3 is 35.5 Å². The van der Waals surface area contributed by atoms with Crippen molar-refractivity contribution in [1.29, 1.82) is 0 Å². The molecule has 0 spiro atoms. The fraction of sp³-hybridized carbons (Fsp3) is 0.789. The van der Waals surface area contributed by atoms with Gasteiger partial charge in [0.05, 0.1) is 6.61 Å². The van der Waals surface area contributed by atoms with Crippen molar-refractivity contribution in [3.05, 3.63) is 11.6 Å². The van der Waals surface area contributed by atoms with Crippen molar-refractivity contribution in [2.75, 3.05) is 6.61 Å². The van der Waals surface area contributed by atoms with Crippen LogP contribution in [0.5, 0.6) is 0 Å². The zero-order valence-corrected chi connectivity index (χ0v) is 18.1. The third kappa shape index (κ3) is 19.7. The second-order valence-electron chi connectivity index (χ2n) is 6.61. The van der Waals surface area contributed by atoms with E-state index < -0.39 is 5.97 Å². The molecule has 1 atom stereocenters. The van der Waals surface area contributed by atoms with Crippen LogP contribution in [0.3, 0.4) is 0 Å². The van der Waals surface area contributed by atoms with Crippen LogP contribution in [0.1, 0.15) is 85.0 Å². The maximum absolute atomic E-state index is 11.6. The molecule has 0 fully saturated rings. The Bertz CT molecular complexity index is 362. The fourth-order valence-corrected chi connectivity index (χ4v) is 2.32. The molecule has 0 aromatic heterocycles. The molecule has 0 radical (unpaired) electrons. The topological polar surface area (TPSA) is 66.4 Å². The molecule has 1 unspecified atom stereocenters. The standard InChI is InChI=1S/C19H34O4.Na/c1-16(2)10-9-11-17(3)14-15-23-19(22)13-8-6-4-5-7-12-18(20)21;/h10,17H,4-9,11-15H2,1-3H3,(H,20,21);/q;+1/p-1. The number of carbonyl (C=O) groups is 2. The Balaban J connectivity index is 0. The summed E-state index contributed by atoms with van der Waals surface area (Å²) in [5.41, 5.74) is 1.35. The summed E-state index contributed by atoms with van der Waals surface area (Å²) >= 11 is 0. The number of rotatable bonds is 14. The van der Waals surface area contributed by atoms with Crippen molar-refractivity contribution >= 4 is 11.9 Å². The van der Waals surface area contributed by atoms with E-state index in [1.165, 1.54) is 5.57 Å². The van der Waals surface area contributed by atoms with Crippen LogP contribution in [0.2, 0.25) is 0 Å². The van der Waals surface area contributed by atoms with Gasteiger partial charge in [-0.2, -0.15) is 0 Å². The predicted octanol–water partition coefficient (Wildman–Crippen LogP) is 0.787. The van der Waals surface area contributed by atoms with Crippen LogP contribution in [0.4, 0.5) is 0 Å². The number of ether oxygens (including phenoxy) is 1. The van der Waals surface area contributed by atoms with E-state index in [9.17, 15) is 14.7 Å². The molecular formula is C19H33NaO4. The number of carboxylic acid groups (broad SMARTS) is 1. The van der Waals surface area contributed by atoms with E-state index in [1.54, 1.807) is 0 Å². The van der Waals surface area contributed by atoms with Crippen LogP contribution in [-0.2, 0) is 14.3 Å². The minimum atomic E-state index is -0.983. The average molecular weight is 348 g/mol. The summed E-state index contributed by atoms with van der Waals surface area (Å²) < 4.78 is 5.26. The number of hydrogen-bond donors (Lipinski definition) is 0. The van der Waals surface area contributed by atoms with Crippen LogP contribution in [-0.4, -0.2) is 18.5 Å². The Morgan fingerprint density at radius 2 is 1.58 bits per heavy atom. The molecule has 0 saturated carbocycles. The van der Waals surface area contributed by atoms with Gasteiger partial charge in [-0.3, -0.25) is 4.79 Å². The first kappa shape index (κ1) is 25.9. The summed E-state index contributed by atoms with van der Waals surface area (Å²) in [5, 5.41) is 10.2. The molecule has 0 N–H and O–H groups in total. The normalized spacial score (nSPS) is 11.3. The SMILES string of the molecule is CC(C)=CCCC(C)CCOC(=O)CCCCCCCC(=O)[O-].[Na+]. The number of aliphatic carboxylic acids is 1. The molecule has 0 aromatic carbocycles. The number of allylic oxidation sites excluding steroid dienone is 2. The second-order valence-corrected chi connectivity index (χ2v) is 6.61. The molecule has 0 aliphatic carbocycles. The monoisotopic (exact) mass is 348 g/mol. The maximum Gasteiger partial charge on any atom is 1.00 e. The van der Waals surface area contributed by atoms with Gasteiger partial charge in [-0.15, -0.1) is 0 Å². The predicted molar refractivity (Wildman–Crippen MR) is 90.7 cm³/mol. The maximum atomic E-state index is 11.6. The molecule has 134 valence electrons. The summed E-state index contributed by atoms with van der Waals surface area (Å²) in [7, 11) is 0. The third-order valence-corrected chi connectivity index (χ3v) is 3.85. The number of unbranched alkanes of at least 4 members (excludes halogenated alkanes) is 4. The van der Waals surface area contributed by atoms with Gasteiger partial charge in [0.25, 0.3) is 0 Å². The van der Waals surface area contributed by atoms with Crippen LogP contribution in [0.15, 0.2) is 11.6 Å². The molecule has 0 saturated heterocycles. The van der Waals surface area contributed by atoms with Gasteiger partial charge in [0.2, 0.25) is 0 Å². The third-order valence-electron chi connectivity index (χ3n) is 3.85. The number of carbonyl (C=O) groups excluding carboxylic acids is 2. The smallest absolute Gasteiger partial charge is 0.550 e. The Hall–Kier alpha value is -0.320. The largest absolute Gasteiger partial charge is 1.00 e. The van der Waals surface area contributed by atoms with Crippen LogP contribution >= 0.6 is 0 Å². The molecule has 0 aromatic rings. The molecule has 0 bridgehead atoms. The fourth-order valence-electron chi connectivity index (χ4n) is 2.32. The van der Waals surface area contributed by atoms with Crippen LogP contribution < -0.4 is 34.7 Å². The van der Waals surface area contributed by atoms with E-state index in [4.69, 9.17) is 4.74 Å². The first-order valence-corrected chi connectivity index (χ1v) is 8.90. The summed E-state index contributed by atoms with van der Waals surface area (Å²) in [6.45, 7) is 6.92. The van der Waals surface area contributed by atoms with E-state index >= 15 is 0 Å². The average Bonchev–Trinajstić information content (AvgIpc) is 2.45.